The molecule has 0 saturated heterocycles. The first kappa shape index (κ1) is 12.8. The van der Waals surface area contributed by atoms with Crippen LogP contribution in [0.4, 0.5) is 13.2 Å². The first-order valence-corrected chi connectivity index (χ1v) is 5.69. The van der Waals surface area contributed by atoms with Gasteiger partial charge < -0.3 is 5.32 Å². The second-order valence-corrected chi connectivity index (χ2v) is 4.89. The fourth-order valence-corrected chi connectivity index (χ4v) is 2.03. The van der Waals surface area contributed by atoms with Gasteiger partial charge in [0, 0.05) is 6.04 Å². The smallest absolute Gasteiger partial charge is 0.314 e. The lowest BCUT2D eigenvalue weighted by atomic mass is 9.85. The summed E-state index contributed by atoms with van der Waals surface area (Å²) in [5, 5.41) is 3.33. The van der Waals surface area contributed by atoms with Crippen LogP contribution in [0.15, 0.2) is 0 Å². The van der Waals surface area contributed by atoms with Gasteiger partial charge >= 0.3 is 6.18 Å². The van der Waals surface area contributed by atoms with Crippen LogP contribution in [0.2, 0.25) is 0 Å². The maximum absolute atomic E-state index is 12.4. The van der Waals surface area contributed by atoms with Gasteiger partial charge in [0.25, 0.3) is 0 Å². The normalized spacial score (nSPS) is 28.4. The van der Waals surface area contributed by atoms with Gasteiger partial charge in [-0.2, -0.15) is 13.2 Å². The molecule has 1 saturated carbocycles. The standard InChI is InChI=1S/C11H20F3N/c1-8(2)7-15-10-5-3-9(4-6-10)11(12,13)14/h8-10,15H,3-7H2,1-2H3/t9-,10+. The fraction of sp³-hybridized carbons (Fsp3) is 1.00. The predicted octanol–water partition coefficient (Wildman–Crippen LogP) is 3.35. The third kappa shape index (κ3) is 4.41. The Bertz CT molecular complexity index is 181. The monoisotopic (exact) mass is 223 g/mol. The van der Waals surface area contributed by atoms with Crippen molar-refractivity contribution in [1.29, 1.82) is 0 Å². The molecular weight excluding hydrogens is 203 g/mol. The van der Waals surface area contributed by atoms with Crippen molar-refractivity contribution in [2.45, 2.75) is 51.7 Å². The molecule has 15 heavy (non-hydrogen) atoms. The third-order valence-corrected chi connectivity index (χ3v) is 3.00. The summed E-state index contributed by atoms with van der Waals surface area (Å²) >= 11 is 0. The minimum Gasteiger partial charge on any atom is -0.314 e. The summed E-state index contributed by atoms with van der Waals surface area (Å²) < 4.78 is 37.1. The van der Waals surface area contributed by atoms with Crippen LogP contribution in [0.5, 0.6) is 0 Å². The van der Waals surface area contributed by atoms with Crippen LogP contribution in [-0.4, -0.2) is 18.8 Å². The lowest BCUT2D eigenvalue weighted by Gasteiger charge is -2.30. The van der Waals surface area contributed by atoms with Crippen LogP contribution in [-0.2, 0) is 0 Å². The molecule has 1 fully saturated rings. The fourth-order valence-electron chi connectivity index (χ4n) is 2.03. The van der Waals surface area contributed by atoms with E-state index in [4.69, 9.17) is 0 Å². The minimum absolute atomic E-state index is 0.291. The van der Waals surface area contributed by atoms with E-state index in [1.165, 1.54) is 0 Å². The number of hydrogen-bond acceptors (Lipinski definition) is 1. The number of alkyl halides is 3. The van der Waals surface area contributed by atoms with Crippen molar-refractivity contribution in [2.75, 3.05) is 6.54 Å². The van der Waals surface area contributed by atoms with Crippen LogP contribution >= 0.6 is 0 Å². The summed E-state index contributed by atoms with van der Waals surface area (Å²) in [6, 6.07) is 0.297. The lowest BCUT2D eigenvalue weighted by molar-refractivity contribution is -0.182. The van der Waals surface area contributed by atoms with E-state index in [1.807, 2.05) is 0 Å². The molecule has 0 aromatic rings. The maximum Gasteiger partial charge on any atom is 0.391 e. The van der Waals surface area contributed by atoms with Gasteiger partial charge in [0.1, 0.15) is 0 Å². The average molecular weight is 223 g/mol. The van der Waals surface area contributed by atoms with Crippen molar-refractivity contribution < 1.29 is 13.2 Å². The molecule has 0 spiro atoms. The second kappa shape index (κ2) is 5.19. The Morgan fingerprint density at radius 3 is 2.07 bits per heavy atom. The van der Waals surface area contributed by atoms with E-state index in [0.717, 1.165) is 6.54 Å². The predicted molar refractivity (Wildman–Crippen MR) is 54.6 cm³/mol. The van der Waals surface area contributed by atoms with Gasteiger partial charge in [-0.15, -0.1) is 0 Å². The van der Waals surface area contributed by atoms with Crippen LogP contribution in [0.25, 0.3) is 0 Å². The summed E-state index contributed by atoms with van der Waals surface area (Å²) in [6.45, 7) is 5.12. The van der Waals surface area contributed by atoms with Gasteiger partial charge in [0.2, 0.25) is 0 Å². The summed E-state index contributed by atoms with van der Waals surface area (Å²) in [7, 11) is 0. The van der Waals surface area contributed by atoms with Gasteiger partial charge in [0.05, 0.1) is 5.92 Å². The molecule has 1 nitrogen and oxygen atoms in total. The van der Waals surface area contributed by atoms with Crippen LogP contribution < -0.4 is 5.32 Å². The number of nitrogens with one attached hydrogen (secondary N) is 1. The molecule has 0 aromatic carbocycles. The topological polar surface area (TPSA) is 12.0 Å². The van der Waals surface area contributed by atoms with Crippen molar-refractivity contribution in [2.24, 2.45) is 11.8 Å². The van der Waals surface area contributed by atoms with E-state index in [9.17, 15) is 13.2 Å². The quantitative estimate of drug-likeness (QED) is 0.773. The molecule has 0 aromatic heterocycles. The molecule has 1 aliphatic carbocycles. The minimum atomic E-state index is -3.98. The first-order valence-electron chi connectivity index (χ1n) is 5.69. The Kier molecular flexibility index (Phi) is 4.44. The molecule has 0 bridgehead atoms. The molecule has 0 unspecified atom stereocenters. The largest absolute Gasteiger partial charge is 0.391 e. The molecule has 4 heteroatoms. The summed E-state index contributed by atoms with van der Waals surface area (Å²) in [4.78, 5) is 0. The van der Waals surface area contributed by atoms with Crippen LogP contribution in [0.1, 0.15) is 39.5 Å². The molecule has 0 amide bonds. The molecule has 90 valence electrons. The third-order valence-electron chi connectivity index (χ3n) is 3.00. The van der Waals surface area contributed by atoms with Crippen LogP contribution in [0, 0.1) is 11.8 Å². The Hall–Kier alpha value is -0.250. The Labute approximate surface area is 89.4 Å². The molecule has 0 heterocycles. The highest BCUT2D eigenvalue weighted by Crippen LogP contribution is 2.37. The van der Waals surface area contributed by atoms with Crippen LogP contribution in [0.3, 0.4) is 0 Å². The zero-order valence-corrected chi connectivity index (χ0v) is 9.40. The van der Waals surface area contributed by atoms with E-state index in [2.05, 4.69) is 19.2 Å². The zero-order chi connectivity index (χ0) is 11.5. The SMILES string of the molecule is CC(C)CN[C@H]1CC[C@@H](C(F)(F)F)CC1. The molecular formula is C11H20F3N. The van der Waals surface area contributed by atoms with Gasteiger partial charge in [-0.3, -0.25) is 0 Å². The Balaban J connectivity index is 2.24. The van der Waals surface area contributed by atoms with E-state index < -0.39 is 12.1 Å². The highest BCUT2D eigenvalue weighted by Gasteiger charge is 2.41. The van der Waals surface area contributed by atoms with Crippen molar-refractivity contribution >= 4 is 0 Å². The molecule has 1 rings (SSSR count). The van der Waals surface area contributed by atoms with E-state index in [-0.39, 0.29) is 0 Å². The molecule has 1 aliphatic rings. The van der Waals surface area contributed by atoms with Crippen molar-refractivity contribution in [3.8, 4) is 0 Å². The molecule has 1 N–H and O–H groups in total. The summed E-state index contributed by atoms with van der Waals surface area (Å²) in [6.07, 6.45) is -2.07. The van der Waals surface area contributed by atoms with E-state index in [0.29, 0.717) is 37.6 Å². The van der Waals surface area contributed by atoms with Gasteiger partial charge in [0.15, 0.2) is 0 Å². The highest BCUT2D eigenvalue weighted by molar-refractivity contribution is 4.80. The van der Waals surface area contributed by atoms with Gasteiger partial charge in [-0.05, 0) is 38.1 Å². The average Bonchev–Trinajstić information content (AvgIpc) is 2.14. The molecule has 0 radical (unpaired) electrons. The zero-order valence-electron chi connectivity index (χ0n) is 9.40. The lowest BCUT2D eigenvalue weighted by Crippen LogP contribution is -2.38. The first-order chi connectivity index (χ1) is 6.89. The number of rotatable bonds is 3. The van der Waals surface area contributed by atoms with Gasteiger partial charge in [-0.25, -0.2) is 0 Å². The summed E-state index contributed by atoms with van der Waals surface area (Å²) in [5.41, 5.74) is 0. The van der Waals surface area contributed by atoms with E-state index in [1.54, 1.807) is 0 Å². The van der Waals surface area contributed by atoms with Crippen molar-refractivity contribution in [3.05, 3.63) is 0 Å². The maximum atomic E-state index is 12.4. The van der Waals surface area contributed by atoms with Crippen molar-refractivity contribution in [3.63, 3.8) is 0 Å². The number of hydrogen-bond donors (Lipinski definition) is 1. The van der Waals surface area contributed by atoms with Gasteiger partial charge in [-0.1, -0.05) is 13.8 Å². The Morgan fingerprint density at radius 1 is 1.13 bits per heavy atom. The Morgan fingerprint density at radius 2 is 1.67 bits per heavy atom. The highest BCUT2D eigenvalue weighted by atomic mass is 19.4. The summed E-state index contributed by atoms with van der Waals surface area (Å²) in [5.74, 6) is -0.500. The van der Waals surface area contributed by atoms with E-state index >= 15 is 0 Å². The van der Waals surface area contributed by atoms with Crippen molar-refractivity contribution in [1.82, 2.24) is 5.32 Å². The second-order valence-electron chi connectivity index (χ2n) is 4.89. The number of halogens is 3. The molecule has 0 atom stereocenters. The molecule has 0 aliphatic heterocycles.